The van der Waals surface area contributed by atoms with Crippen LogP contribution >= 0.6 is 23.2 Å². The Balaban J connectivity index is 2.37. The smallest absolute Gasteiger partial charge is 0.330 e. The molecule has 21 heavy (non-hydrogen) atoms. The molecule has 2 aromatic carbocycles. The number of carboxylic acid groups (broad SMARTS) is 1. The maximum atomic E-state index is 11.5. The van der Waals surface area contributed by atoms with Gasteiger partial charge in [0.05, 0.1) is 22.8 Å². The molecule has 0 heterocycles. The number of carboxylic acids is 1. The molecule has 6 heteroatoms. The number of methoxy groups -OCH3 is 1. The number of halogens is 2. The number of rotatable bonds is 5. The average Bonchev–Trinajstić information content (AvgIpc) is 2.46. The molecule has 0 spiro atoms. The minimum absolute atomic E-state index is 0.293. The lowest BCUT2D eigenvalue weighted by Crippen LogP contribution is -2.20. The third-order valence-electron chi connectivity index (χ3n) is 2.92. The Morgan fingerprint density at radius 2 is 1.76 bits per heavy atom. The van der Waals surface area contributed by atoms with Gasteiger partial charge in [0.25, 0.3) is 0 Å². The number of ether oxygens (including phenoxy) is 1. The lowest BCUT2D eigenvalue weighted by Gasteiger charge is -2.18. The lowest BCUT2D eigenvalue weighted by molar-refractivity contribution is -0.138. The van der Waals surface area contributed by atoms with E-state index in [0.717, 1.165) is 0 Å². The summed E-state index contributed by atoms with van der Waals surface area (Å²) in [5, 5.41) is 12.8. The number of benzene rings is 2. The van der Waals surface area contributed by atoms with Crippen molar-refractivity contribution in [2.75, 3.05) is 12.4 Å². The third kappa shape index (κ3) is 3.60. The van der Waals surface area contributed by atoms with E-state index in [1.807, 2.05) is 6.07 Å². The Labute approximate surface area is 132 Å². The van der Waals surface area contributed by atoms with E-state index in [1.54, 1.807) is 36.4 Å². The van der Waals surface area contributed by atoms with Gasteiger partial charge in [-0.05, 0) is 5.56 Å². The Morgan fingerprint density at radius 3 is 2.24 bits per heavy atom. The molecule has 0 aliphatic rings. The number of aliphatic carboxylic acids is 1. The molecule has 2 rings (SSSR count). The highest BCUT2D eigenvalue weighted by molar-refractivity contribution is 6.39. The summed E-state index contributed by atoms with van der Waals surface area (Å²) in [6.07, 6.45) is 0. The molecule has 4 nitrogen and oxygen atoms in total. The van der Waals surface area contributed by atoms with Crippen molar-refractivity contribution in [2.24, 2.45) is 0 Å². The van der Waals surface area contributed by atoms with Crippen LogP contribution in [0.2, 0.25) is 10.0 Å². The Bertz CT molecular complexity index is 624. The fraction of sp³-hybridized carbons (Fsp3) is 0.133. The standard InChI is InChI=1S/C15H13Cl2NO3/c1-21-10-7-11(16)14(12(17)8-10)18-13(15(19)20)9-5-3-2-4-6-9/h2-8,13,18H,1H3,(H,19,20). The van der Waals surface area contributed by atoms with Crippen molar-refractivity contribution in [3.8, 4) is 5.75 Å². The first-order valence-electron chi connectivity index (χ1n) is 6.10. The molecule has 110 valence electrons. The van der Waals surface area contributed by atoms with Gasteiger partial charge in [0, 0.05) is 12.1 Å². The molecule has 0 amide bonds. The van der Waals surface area contributed by atoms with Crippen LogP contribution < -0.4 is 10.1 Å². The second-order valence-corrected chi connectivity index (χ2v) is 5.11. The summed E-state index contributed by atoms with van der Waals surface area (Å²) in [6, 6.07) is 11.0. The van der Waals surface area contributed by atoms with E-state index < -0.39 is 12.0 Å². The normalized spacial score (nSPS) is 11.8. The molecule has 2 aromatic rings. The van der Waals surface area contributed by atoms with E-state index >= 15 is 0 Å². The molecule has 0 fully saturated rings. The topological polar surface area (TPSA) is 58.6 Å². The maximum Gasteiger partial charge on any atom is 0.330 e. The van der Waals surface area contributed by atoms with Crippen LogP contribution in [0.5, 0.6) is 5.75 Å². The number of anilines is 1. The summed E-state index contributed by atoms with van der Waals surface area (Å²) in [5.41, 5.74) is 0.961. The molecule has 0 bridgehead atoms. The van der Waals surface area contributed by atoms with Gasteiger partial charge in [-0.15, -0.1) is 0 Å². The average molecular weight is 326 g/mol. The Hall–Kier alpha value is -1.91. The van der Waals surface area contributed by atoms with Crippen molar-refractivity contribution in [2.45, 2.75) is 6.04 Å². The van der Waals surface area contributed by atoms with E-state index in [9.17, 15) is 9.90 Å². The maximum absolute atomic E-state index is 11.5. The van der Waals surface area contributed by atoms with Gasteiger partial charge in [0.15, 0.2) is 6.04 Å². The van der Waals surface area contributed by atoms with Crippen LogP contribution in [0.25, 0.3) is 0 Å². The van der Waals surface area contributed by atoms with Crippen LogP contribution in [0, 0.1) is 0 Å². The fourth-order valence-corrected chi connectivity index (χ4v) is 2.46. The zero-order chi connectivity index (χ0) is 15.4. The highest BCUT2D eigenvalue weighted by Crippen LogP contribution is 2.36. The first-order chi connectivity index (χ1) is 10.0. The number of carbonyl (C=O) groups is 1. The predicted molar refractivity (Wildman–Crippen MR) is 83.5 cm³/mol. The van der Waals surface area contributed by atoms with Gasteiger partial charge < -0.3 is 15.2 Å². The van der Waals surface area contributed by atoms with Gasteiger partial charge in [0.2, 0.25) is 0 Å². The number of nitrogens with one attached hydrogen (secondary N) is 1. The zero-order valence-corrected chi connectivity index (χ0v) is 12.7. The summed E-state index contributed by atoms with van der Waals surface area (Å²) in [5.74, 6) is -0.522. The van der Waals surface area contributed by atoms with Crippen molar-refractivity contribution in [3.63, 3.8) is 0 Å². The largest absolute Gasteiger partial charge is 0.497 e. The molecule has 1 atom stereocenters. The van der Waals surface area contributed by atoms with Gasteiger partial charge in [-0.2, -0.15) is 0 Å². The van der Waals surface area contributed by atoms with Crippen molar-refractivity contribution in [1.29, 1.82) is 0 Å². The van der Waals surface area contributed by atoms with Crippen molar-refractivity contribution >= 4 is 34.9 Å². The first-order valence-corrected chi connectivity index (χ1v) is 6.86. The number of hydrogen-bond acceptors (Lipinski definition) is 3. The fourth-order valence-electron chi connectivity index (χ4n) is 1.88. The molecular weight excluding hydrogens is 313 g/mol. The monoisotopic (exact) mass is 325 g/mol. The van der Waals surface area contributed by atoms with Crippen LogP contribution in [0.3, 0.4) is 0 Å². The molecule has 0 aliphatic carbocycles. The van der Waals surface area contributed by atoms with E-state index in [1.165, 1.54) is 7.11 Å². The van der Waals surface area contributed by atoms with E-state index in [0.29, 0.717) is 27.0 Å². The van der Waals surface area contributed by atoms with Gasteiger partial charge >= 0.3 is 5.97 Å². The lowest BCUT2D eigenvalue weighted by atomic mass is 10.1. The molecule has 0 saturated heterocycles. The van der Waals surface area contributed by atoms with Crippen LogP contribution in [0.4, 0.5) is 5.69 Å². The van der Waals surface area contributed by atoms with Gasteiger partial charge in [-0.1, -0.05) is 53.5 Å². The second kappa shape index (κ2) is 6.70. The van der Waals surface area contributed by atoms with Crippen LogP contribution in [0.15, 0.2) is 42.5 Å². The molecule has 1 unspecified atom stereocenters. The number of hydrogen-bond donors (Lipinski definition) is 2. The van der Waals surface area contributed by atoms with Gasteiger partial charge in [0.1, 0.15) is 5.75 Å². The van der Waals surface area contributed by atoms with Gasteiger partial charge in [-0.25, -0.2) is 4.79 Å². The van der Waals surface area contributed by atoms with Crippen LogP contribution in [0.1, 0.15) is 11.6 Å². The minimum Gasteiger partial charge on any atom is -0.497 e. The molecule has 0 saturated carbocycles. The van der Waals surface area contributed by atoms with Crippen molar-refractivity contribution in [3.05, 3.63) is 58.1 Å². The summed E-state index contributed by atoms with van der Waals surface area (Å²) in [4.78, 5) is 11.5. The highest BCUT2D eigenvalue weighted by Gasteiger charge is 2.22. The second-order valence-electron chi connectivity index (χ2n) is 4.29. The first kappa shape index (κ1) is 15.5. The van der Waals surface area contributed by atoms with E-state index in [4.69, 9.17) is 27.9 Å². The zero-order valence-electron chi connectivity index (χ0n) is 11.1. The minimum atomic E-state index is -1.02. The molecule has 0 aromatic heterocycles. The van der Waals surface area contributed by atoms with Crippen molar-refractivity contribution < 1.29 is 14.6 Å². The van der Waals surface area contributed by atoms with Crippen molar-refractivity contribution in [1.82, 2.24) is 0 Å². The summed E-state index contributed by atoms with van der Waals surface area (Å²) >= 11 is 12.3. The van der Waals surface area contributed by atoms with Gasteiger partial charge in [-0.3, -0.25) is 0 Å². The Kier molecular flexibility index (Phi) is 4.94. The third-order valence-corrected chi connectivity index (χ3v) is 3.52. The van der Waals surface area contributed by atoms with Crippen LogP contribution in [-0.2, 0) is 4.79 Å². The SMILES string of the molecule is COc1cc(Cl)c(NC(C(=O)O)c2ccccc2)c(Cl)c1. The van der Waals surface area contributed by atoms with Crippen LogP contribution in [-0.4, -0.2) is 18.2 Å². The molecule has 2 N–H and O–H groups in total. The summed E-state index contributed by atoms with van der Waals surface area (Å²) < 4.78 is 5.05. The summed E-state index contributed by atoms with van der Waals surface area (Å²) in [6.45, 7) is 0. The molecule has 0 aliphatic heterocycles. The quantitative estimate of drug-likeness (QED) is 0.863. The highest BCUT2D eigenvalue weighted by atomic mass is 35.5. The molecule has 0 radical (unpaired) electrons. The van der Waals surface area contributed by atoms with E-state index in [-0.39, 0.29) is 0 Å². The molecular formula is C15H13Cl2NO3. The summed E-state index contributed by atoms with van der Waals surface area (Å²) in [7, 11) is 1.50. The van der Waals surface area contributed by atoms with E-state index in [2.05, 4.69) is 5.32 Å². The Morgan fingerprint density at radius 1 is 1.19 bits per heavy atom. The predicted octanol–water partition coefficient (Wildman–Crippen LogP) is 4.24.